The maximum Gasteiger partial charge on any atom is 0.308 e. The Bertz CT molecular complexity index is 1330. The van der Waals surface area contributed by atoms with Crippen LogP contribution in [0.25, 0.3) is 5.69 Å². The zero-order chi connectivity index (χ0) is 24.9. The first kappa shape index (κ1) is 24.4. The fourth-order valence-electron chi connectivity index (χ4n) is 4.32. The topological polar surface area (TPSA) is 94.5 Å². The number of amides is 1. The van der Waals surface area contributed by atoms with E-state index in [-0.39, 0.29) is 24.4 Å². The van der Waals surface area contributed by atoms with E-state index in [0.29, 0.717) is 46.8 Å². The molecule has 4 rings (SSSR count). The number of para-hydroxylation sites is 1. The molecule has 1 amide bonds. The Morgan fingerprint density at radius 1 is 1.06 bits per heavy atom. The number of fused-ring (bicyclic) bond motifs is 1. The Morgan fingerprint density at radius 3 is 2.49 bits per heavy atom. The minimum atomic E-state index is -0.827. The van der Waals surface area contributed by atoms with E-state index in [4.69, 9.17) is 16.3 Å². The van der Waals surface area contributed by atoms with Crippen LogP contribution in [0.1, 0.15) is 64.2 Å². The molecule has 1 aromatic heterocycles. The van der Waals surface area contributed by atoms with Crippen molar-refractivity contribution in [1.82, 2.24) is 9.88 Å². The van der Waals surface area contributed by atoms with Crippen molar-refractivity contribution in [3.8, 4) is 5.69 Å². The second-order valence-electron chi connectivity index (χ2n) is 8.23. The molecule has 35 heavy (non-hydrogen) atoms. The fourth-order valence-corrected chi connectivity index (χ4v) is 4.59. The number of Topliss-reactive ketones (excluding diaryl/α,β-unsaturated/α-hetero) is 1. The molecule has 0 fully saturated rings. The lowest BCUT2D eigenvalue weighted by molar-refractivity contribution is -0.143. The van der Waals surface area contributed by atoms with Crippen molar-refractivity contribution >= 4 is 29.3 Å². The van der Waals surface area contributed by atoms with E-state index in [1.807, 2.05) is 6.07 Å². The molecule has 7 nitrogen and oxygen atoms in total. The lowest BCUT2D eigenvalue weighted by Crippen LogP contribution is -2.38. The molecular weight excluding hydrogens is 468 g/mol. The highest BCUT2D eigenvalue weighted by Gasteiger charge is 2.28. The maximum atomic E-state index is 13.6. The summed E-state index contributed by atoms with van der Waals surface area (Å²) >= 11 is 6.35. The van der Waals surface area contributed by atoms with Gasteiger partial charge in [0, 0.05) is 28.4 Å². The number of hydrogen-bond donors (Lipinski definition) is 1. The van der Waals surface area contributed by atoms with Crippen LogP contribution in [0.5, 0.6) is 0 Å². The van der Waals surface area contributed by atoms with Gasteiger partial charge >= 0.3 is 5.97 Å². The quantitative estimate of drug-likeness (QED) is 0.492. The van der Waals surface area contributed by atoms with Crippen molar-refractivity contribution in [3.63, 3.8) is 0 Å². The van der Waals surface area contributed by atoms with Gasteiger partial charge in [0.05, 0.1) is 19.1 Å². The average Bonchev–Trinajstić information content (AvgIpc) is 2.84. The molecule has 1 heterocycles. The number of carbonyl (C=O) groups excluding carboxylic acids is 3. The number of nitrogens with zero attached hydrogens (tertiary/aromatic N) is 1. The molecule has 0 radical (unpaired) electrons. The molecule has 180 valence electrons. The van der Waals surface area contributed by atoms with Crippen LogP contribution in [-0.4, -0.2) is 28.8 Å². The lowest BCUT2D eigenvalue weighted by atomic mass is 9.92. The number of rotatable bonds is 7. The van der Waals surface area contributed by atoms with E-state index in [2.05, 4.69) is 5.32 Å². The van der Waals surface area contributed by atoms with Gasteiger partial charge in [-0.2, -0.15) is 0 Å². The van der Waals surface area contributed by atoms with Crippen LogP contribution in [0.3, 0.4) is 0 Å². The van der Waals surface area contributed by atoms with Gasteiger partial charge in [0.25, 0.3) is 11.5 Å². The van der Waals surface area contributed by atoms with Crippen LogP contribution in [0.2, 0.25) is 5.02 Å². The van der Waals surface area contributed by atoms with Gasteiger partial charge in [-0.05, 0) is 49.6 Å². The number of hydrogen-bond acceptors (Lipinski definition) is 5. The molecule has 1 aliphatic rings. The Balaban J connectivity index is 1.78. The van der Waals surface area contributed by atoms with E-state index in [9.17, 15) is 19.2 Å². The van der Waals surface area contributed by atoms with E-state index in [1.54, 1.807) is 55.5 Å². The normalized spacial score (nSPS) is 13.6. The minimum absolute atomic E-state index is 0.112. The van der Waals surface area contributed by atoms with Gasteiger partial charge < -0.3 is 10.1 Å². The highest BCUT2D eigenvalue weighted by atomic mass is 35.5. The monoisotopic (exact) mass is 492 g/mol. The molecule has 1 unspecified atom stereocenters. The van der Waals surface area contributed by atoms with Gasteiger partial charge in [-0.3, -0.25) is 23.7 Å². The third-order valence-corrected chi connectivity index (χ3v) is 6.29. The predicted molar refractivity (Wildman–Crippen MR) is 132 cm³/mol. The average molecular weight is 493 g/mol. The van der Waals surface area contributed by atoms with E-state index in [0.717, 1.165) is 0 Å². The summed E-state index contributed by atoms with van der Waals surface area (Å²) in [7, 11) is 0. The summed E-state index contributed by atoms with van der Waals surface area (Å²) in [6.07, 6.45) is 1.38. The van der Waals surface area contributed by atoms with Crippen LogP contribution in [0.4, 0.5) is 0 Å². The molecule has 0 saturated heterocycles. The van der Waals surface area contributed by atoms with Gasteiger partial charge in [0.1, 0.15) is 5.56 Å². The number of pyridine rings is 1. The third kappa shape index (κ3) is 5.20. The van der Waals surface area contributed by atoms with Crippen molar-refractivity contribution in [1.29, 1.82) is 0 Å². The molecule has 0 bridgehead atoms. The number of ketones is 1. The fraction of sp³-hybridized carbons (Fsp3) is 0.259. The van der Waals surface area contributed by atoms with E-state index < -0.39 is 23.5 Å². The van der Waals surface area contributed by atoms with E-state index in [1.165, 1.54) is 10.6 Å². The first-order chi connectivity index (χ1) is 16.9. The molecule has 1 N–H and O–H groups in total. The van der Waals surface area contributed by atoms with Crippen LogP contribution in [0.15, 0.2) is 65.5 Å². The van der Waals surface area contributed by atoms with Gasteiger partial charge in [0.2, 0.25) is 0 Å². The van der Waals surface area contributed by atoms with Gasteiger partial charge in [-0.25, -0.2) is 0 Å². The van der Waals surface area contributed by atoms with Gasteiger partial charge in [-0.15, -0.1) is 0 Å². The van der Waals surface area contributed by atoms with Crippen molar-refractivity contribution in [2.24, 2.45) is 0 Å². The molecule has 1 aliphatic carbocycles. The summed E-state index contributed by atoms with van der Waals surface area (Å²) in [6.45, 7) is 1.88. The highest BCUT2D eigenvalue weighted by Crippen LogP contribution is 2.27. The molecule has 2 aromatic carbocycles. The Labute approximate surface area is 207 Å². The Morgan fingerprint density at radius 2 is 1.77 bits per heavy atom. The number of ether oxygens (including phenoxy) is 1. The summed E-state index contributed by atoms with van der Waals surface area (Å²) in [4.78, 5) is 52.0. The van der Waals surface area contributed by atoms with Crippen molar-refractivity contribution in [3.05, 3.63) is 98.4 Å². The predicted octanol–water partition coefficient (Wildman–Crippen LogP) is 4.43. The summed E-state index contributed by atoms with van der Waals surface area (Å²) in [5.74, 6) is -1.32. The summed E-state index contributed by atoms with van der Waals surface area (Å²) in [5, 5.41) is 3.14. The largest absolute Gasteiger partial charge is 0.466 e. The second kappa shape index (κ2) is 10.7. The number of carbonyl (C=O) groups is 3. The molecule has 0 aliphatic heterocycles. The SMILES string of the molecule is CCOC(=O)CC(NC(=O)c1cc2c(n(-c3ccccc3)c1=O)CCCC2=O)c1ccccc1Cl. The molecule has 0 spiro atoms. The number of nitrogens with one attached hydrogen (secondary N) is 1. The number of aromatic nitrogens is 1. The Hall–Kier alpha value is -3.71. The molecule has 0 saturated carbocycles. The maximum absolute atomic E-state index is 13.6. The second-order valence-corrected chi connectivity index (χ2v) is 8.64. The number of benzene rings is 2. The first-order valence-corrected chi connectivity index (χ1v) is 11.9. The van der Waals surface area contributed by atoms with E-state index >= 15 is 0 Å². The standard InChI is InChI=1S/C27H25ClN2O5/c1-2-35-25(32)16-22(18-11-6-7-12-21(18)28)29-26(33)20-15-19-23(13-8-14-24(19)31)30(27(20)34)17-9-4-3-5-10-17/h3-7,9-12,15,22H,2,8,13-14,16H2,1H3,(H,29,33). The lowest BCUT2D eigenvalue weighted by Gasteiger charge is -2.23. The van der Waals surface area contributed by atoms with Crippen LogP contribution >= 0.6 is 11.6 Å². The molecule has 8 heteroatoms. The minimum Gasteiger partial charge on any atom is -0.466 e. The zero-order valence-electron chi connectivity index (χ0n) is 19.3. The van der Waals surface area contributed by atoms with Crippen LogP contribution in [0, 0.1) is 0 Å². The molecule has 1 atom stereocenters. The molecule has 3 aromatic rings. The summed E-state index contributed by atoms with van der Waals surface area (Å²) < 4.78 is 6.51. The first-order valence-electron chi connectivity index (χ1n) is 11.5. The van der Waals surface area contributed by atoms with Crippen molar-refractivity contribution in [2.45, 2.75) is 38.6 Å². The zero-order valence-corrected chi connectivity index (χ0v) is 20.0. The molecular formula is C27H25ClN2O5. The van der Waals surface area contributed by atoms with Crippen molar-refractivity contribution in [2.75, 3.05) is 6.61 Å². The van der Waals surface area contributed by atoms with Crippen molar-refractivity contribution < 1.29 is 19.1 Å². The van der Waals surface area contributed by atoms with Gasteiger partial charge in [0.15, 0.2) is 5.78 Å². The van der Waals surface area contributed by atoms with Gasteiger partial charge in [-0.1, -0.05) is 48.0 Å². The third-order valence-electron chi connectivity index (χ3n) is 5.94. The number of esters is 1. The smallest absolute Gasteiger partial charge is 0.308 e. The highest BCUT2D eigenvalue weighted by molar-refractivity contribution is 6.31. The number of halogens is 1. The summed E-state index contributed by atoms with van der Waals surface area (Å²) in [5.41, 5.74) is 1.35. The summed E-state index contributed by atoms with van der Waals surface area (Å²) in [6, 6.07) is 16.3. The Kier molecular flexibility index (Phi) is 7.46. The van der Waals surface area contributed by atoms with Crippen LogP contribution < -0.4 is 10.9 Å². The van der Waals surface area contributed by atoms with Crippen LogP contribution in [-0.2, 0) is 16.0 Å².